The molecule has 1 aromatic carbocycles. The molecule has 2 unspecified atom stereocenters. The van der Waals surface area contributed by atoms with Crippen LogP contribution in [0.4, 0.5) is 0 Å². The highest BCUT2D eigenvalue weighted by Crippen LogP contribution is 2.34. The molecular formula is C19H32OS. The van der Waals surface area contributed by atoms with Gasteiger partial charge in [0.2, 0.25) is 0 Å². The third-order valence-electron chi connectivity index (χ3n) is 3.76. The molecule has 0 radical (unpaired) electrons. The highest BCUT2D eigenvalue weighted by molar-refractivity contribution is 7.98. The lowest BCUT2D eigenvalue weighted by Crippen LogP contribution is -2.09. The lowest BCUT2D eigenvalue weighted by Gasteiger charge is -2.23. The minimum Gasteiger partial charge on any atom is -0.396 e. The van der Waals surface area contributed by atoms with Gasteiger partial charge in [0.15, 0.2) is 0 Å². The van der Waals surface area contributed by atoms with Gasteiger partial charge in [-0.2, -0.15) is 0 Å². The summed E-state index contributed by atoms with van der Waals surface area (Å²) < 4.78 is 0. The monoisotopic (exact) mass is 308 g/mol. The molecule has 0 saturated carbocycles. The lowest BCUT2D eigenvalue weighted by atomic mass is 9.83. The second-order valence-electron chi connectivity index (χ2n) is 4.92. The molecule has 0 heterocycles. The van der Waals surface area contributed by atoms with Crippen LogP contribution in [0.2, 0.25) is 0 Å². The van der Waals surface area contributed by atoms with Crippen LogP contribution in [0.3, 0.4) is 0 Å². The maximum atomic E-state index is 8.79. The Hall–Kier alpha value is -0.730. The standard InChI is InChI=1S/C17H26OS.C2H6/c1-4-15(10-6-5-9-13-18)14(2)16-11-7-8-12-17(16)19-3;1-2/h5-8,11-12,14-15,18H,4,9-10,13H2,1-3H3;1-2H3/b6-5-;. The van der Waals surface area contributed by atoms with Gasteiger partial charge in [0.25, 0.3) is 0 Å². The summed E-state index contributed by atoms with van der Waals surface area (Å²) in [4.78, 5) is 1.40. The largest absolute Gasteiger partial charge is 0.396 e. The second kappa shape index (κ2) is 13.0. The highest BCUT2D eigenvalue weighted by Gasteiger charge is 2.18. The Morgan fingerprint density at radius 3 is 2.43 bits per heavy atom. The molecule has 0 amide bonds. The molecular weight excluding hydrogens is 276 g/mol. The quantitative estimate of drug-likeness (QED) is 0.477. The van der Waals surface area contributed by atoms with E-state index in [-0.39, 0.29) is 6.61 Å². The van der Waals surface area contributed by atoms with Crippen molar-refractivity contribution in [1.82, 2.24) is 0 Å². The fourth-order valence-corrected chi connectivity index (χ4v) is 3.19. The van der Waals surface area contributed by atoms with Gasteiger partial charge in [-0.1, -0.05) is 64.5 Å². The average molecular weight is 309 g/mol. The molecule has 2 heteroatoms. The van der Waals surface area contributed by atoms with Crippen LogP contribution in [-0.4, -0.2) is 18.0 Å². The van der Waals surface area contributed by atoms with Gasteiger partial charge in [-0.05, 0) is 42.6 Å². The third-order valence-corrected chi connectivity index (χ3v) is 4.57. The maximum Gasteiger partial charge on any atom is 0.0465 e. The zero-order chi connectivity index (χ0) is 16.1. The first-order valence-corrected chi connectivity index (χ1v) is 9.35. The van der Waals surface area contributed by atoms with E-state index in [1.807, 2.05) is 25.6 Å². The summed E-state index contributed by atoms with van der Waals surface area (Å²) in [5.41, 5.74) is 1.47. The molecule has 0 aliphatic carbocycles. The van der Waals surface area contributed by atoms with Crippen molar-refractivity contribution in [2.45, 2.75) is 57.8 Å². The highest BCUT2D eigenvalue weighted by atomic mass is 32.2. The van der Waals surface area contributed by atoms with Crippen molar-refractivity contribution >= 4 is 11.8 Å². The van der Waals surface area contributed by atoms with E-state index >= 15 is 0 Å². The molecule has 1 N–H and O–H groups in total. The Morgan fingerprint density at radius 2 is 1.86 bits per heavy atom. The molecule has 0 saturated heterocycles. The maximum absolute atomic E-state index is 8.79. The minimum atomic E-state index is 0.248. The van der Waals surface area contributed by atoms with Crippen molar-refractivity contribution in [3.63, 3.8) is 0 Å². The molecule has 1 rings (SSSR count). The van der Waals surface area contributed by atoms with Crippen molar-refractivity contribution in [2.75, 3.05) is 12.9 Å². The molecule has 1 nitrogen and oxygen atoms in total. The number of hydrogen-bond donors (Lipinski definition) is 1. The zero-order valence-corrected chi connectivity index (χ0v) is 15.1. The summed E-state index contributed by atoms with van der Waals surface area (Å²) in [5.74, 6) is 1.25. The van der Waals surface area contributed by atoms with Crippen LogP contribution in [0.1, 0.15) is 58.4 Å². The minimum absolute atomic E-state index is 0.248. The van der Waals surface area contributed by atoms with Crippen LogP contribution >= 0.6 is 11.8 Å². The predicted molar refractivity (Wildman–Crippen MR) is 97.2 cm³/mol. The molecule has 0 aliphatic rings. The van der Waals surface area contributed by atoms with Crippen LogP contribution in [0.25, 0.3) is 0 Å². The molecule has 0 bridgehead atoms. The average Bonchev–Trinajstić information content (AvgIpc) is 2.56. The Bertz CT molecular complexity index is 387. The van der Waals surface area contributed by atoms with E-state index < -0.39 is 0 Å². The third kappa shape index (κ3) is 7.19. The van der Waals surface area contributed by atoms with E-state index in [0.29, 0.717) is 11.8 Å². The van der Waals surface area contributed by atoms with Gasteiger partial charge < -0.3 is 5.11 Å². The fraction of sp³-hybridized carbons (Fsp3) is 0.579. The van der Waals surface area contributed by atoms with E-state index in [2.05, 4.69) is 56.5 Å². The van der Waals surface area contributed by atoms with Crippen molar-refractivity contribution in [1.29, 1.82) is 0 Å². The normalized spacial score (nSPS) is 13.6. The SMILES string of the molecule is CC.CCC(C/C=C\CCO)C(C)c1ccccc1SC. The van der Waals surface area contributed by atoms with Crippen LogP contribution in [0.15, 0.2) is 41.3 Å². The topological polar surface area (TPSA) is 20.2 Å². The number of rotatable bonds is 8. The van der Waals surface area contributed by atoms with Gasteiger partial charge in [-0.3, -0.25) is 0 Å². The van der Waals surface area contributed by atoms with E-state index in [1.165, 1.54) is 16.9 Å². The molecule has 0 aliphatic heterocycles. The number of aliphatic hydroxyl groups is 1. The number of thioether (sulfide) groups is 1. The number of benzene rings is 1. The van der Waals surface area contributed by atoms with Gasteiger partial charge in [-0.25, -0.2) is 0 Å². The van der Waals surface area contributed by atoms with Gasteiger partial charge in [0.1, 0.15) is 0 Å². The molecule has 21 heavy (non-hydrogen) atoms. The van der Waals surface area contributed by atoms with Gasteiger partial charge in [-0.15, -0.1) is 11.8 Å². The Balaban J connectivity index is 0.00000191. The first-order chi connectivity index (χ1) is 10.2. The zero-order valence-electron chi connectivity index (χ0n) is 14.3. The van der Waals surface area contributed by atoms with E-state index in [4.69, 9.17) is 5.11 Å². The van der Waals surface area contributed by atoms with Crippen molar-refractivity contribution < 1.29 is 5.11 Å². The van der Waals surface area contributed by atoms with Crippen LogP contribution in [0.5, 0.6) is 0 Å². The fourth-order valence-electron chi connectivity index (χ4n) is 2.48. The molecule has 2 atom stereocenters. The molecule has 1 aromatic rings. The van der Waals surface area contributed by atoms with Crippen molar-refractivity contribution in [2.24, 2.45) is 5.92 Å². The number of hydrogen-bond acceptors (Lipinski definition) is 2. The summed E-state index contributed by atoms with van der Waals surface area (Å²) in [5, 5.41) is 8.79. The molecule has 0 spiro atoms. The first-order valence-electron chi connectivity index (χ1n) is 8.13. The summed E-state index contributed by atoms with van der Waals surface area (Å²) in [6.45, 7) is 8.85. The Kier molecular flexibility index (Phi) is 12.5. The number of allylic oxidation sites excluding steroid dienone is 1. The van der Waals surface area contributed by atoms with E-state index in [9.17, 15) is 0 Å². The smallest absolute Gasteiger partial charge is 0.0465 e. The van der Waals surface area contributed by atoms with Crippen molar-refractivity contribution in [3.05, 3.63) is 42.0 Å². The Morgan fingerprint density at radius 1 is 1.19 bits per heavy atom. The van der Waals surface area contributed by atoms with E-state index in [0.717, 1.165) is 12.8 Å². The van der Waals surface area contributed by atoms with Gasteiger partial charge >= 0.3 is 0 Å². The van der Waals surface area contributed by atoms with Crippen molar-refractivity contribution in [3.8, 4) is 0 Å². The van der Waals surface area contributed by atoms with Gasteiger partial charge in [0.05, 0.1) is 0 Å². The summed E-state index contributed by atoms with van der Waals surface area (Å²) in [6, 6.07) is 8.73. The second-order valence-corrected chi connectivity index (χ2v) is 5.77. The predicted octanol–water partition coefficient (Wildman–Crippen LogP) is 5.89. The lowest BCUT2D eigenvalue weighted by molar-refractivity contribution is 0.302. The molecule has 0 aromatic heterocycles. The van der Waals surface area contributed by atoms with Gasteiger partial charge in [0, 0.05) is 11.5 Å². The Labute approximate surface area is 135 Å². The van der Waals surface area contributed by atoms with Crippen LogP contribution < -0.4 is 0 Å². The molecule has 0 fully saturated rings. The molecule has 120 valence electrons. The van der Waals surface area contributed by atoms with E-state index in [1.54, 1.807) is 0 Å². The summed E-state index contributed by atoms with van der Waals surface area (Å²) in [7, 11) is 0. The first kappa shape index (κ1) is 20.3. The summed E-state index contributed by atoms with van der Waals surface area (Å²) in [6.07, 6.45) is 9.52. The summed E-state index contributed by atoms with van der Waals surface area (Å²) >= 11 is 1.83. The van der Waals surface area contributed by atoms with Crippen LogP contribution in [0, 0.1) is 5.92 Å². The van der Waals surface area contributed by atoms with Crippen LogP contribution in [-0.2, 0) is 0 Å². The number of aliphatic hydroxyl groups excluding tert-OH is 1.